The van der Waals surface area contributed by atoms with Gasteiger partial charge in [-0.15, -0.1) is 0 Å². The minimum atomic E-state index is 0.108. The smallest absolute Gasteiger partial charge is 0.270 e. The van der Waals surface area contributed by atoms with Crippen LogP contribution in [0.4, 0.5) is 0 Å². The summed E-state index contributed by atoms with van der Waals surface area (Å²) in [6.45, 7) is 6.65. The minimum Gasteiger partial charge on any atom is -0.335 e. The lowest BCUT2D eigenvalue weighted by Crippen LogP contribution is -2.48. The molecule has 0 unspecified atom stereocenters. The summed E-state index contributed by atoms with van der Waals surface area (Å²) in [6.07, 6.45) is 6.31. The summed E-state index contributed by atoms with van der Waals surface area (Å²) < 4.78 is 2.13. The van der Waals surface area contributed by atoms with Gasteiger partial charge in [-0.05, 0) is 37.1 Å². The van der Waals surface area contributed by atoms with Crippen molar-refractivity contribution in [3.05, 3.63) is 23.2 Å². The van der Waals surface area contributed by atoms with Crippen molar-refractivity contribution < 1.29 is 4.79 Å². The number of rotatable bonds is 3. The van der Waals surface area contributed by atoms with Crippen molar-refractivity contribution in [1.29, 1.82) is 0 Å². The second-order valence-electron chi connectivity index (χ2n) is 6.98. The van der Waals surface area contributed by atoms with Gasteiger partial charge < -0.3 is 14.4 Å². The predicted molar refractivity (Wildman–Crippen MR) is 98.1 cm³/mol. The fourth-order valence-corrected chi connectivity index (χ4v) is 4.24. The number of halogens is 1. The van der Waals surface area contributed by atoms with Crippen LogP contribution >= 0.6 is 11.6 Å². The third-order valence-electron chi connectivity index (χ3n) is 5.56. The lowest BCUT2D eigenvalue weighted by molar-refractivity contribution is 0.0631. The van der Waals surface area contributed by atoms with E-state index in [4.69, 9.17) is 11.6 Å². The number of likely N-dealkylation sites (N-methyl/N-ethyl adjacent to an activating group) is 1. The Morgan fingerprint density at radius 3 is 2.64 bits per heavy atom. The molecule has 0 bridgehead atoms. The molecule has 0 atom stereocenters. The molecule has 0 N–H and O–H groups in total. The van der Waals surface area contributed by atoms with Crippen LogP contribution in [-0.4, -0.2) is 63.0 Å². The van der Waals surface area contributed by atoms with Crippen molar-refractivity contribution in [2.45, 2.75) is 38.6 Å². The molecule has 1 saturated heterocycles. The quantitative estimate of drug-likeness (QED) is 0.789. The van der Waals surface area contributed by atoms with Crippen LogP contribution < -0.4 is 0 Å². The first-order chi connectivity index (χ1) is 12.2. The number of fused-ring (bicyclic) bond motifs is 1. The first-order valence-electron chi connectivity index (χ1n) is 9.22. The van der Waals surface area contributed by atoms with Gasteiger partial charge >= 0.3 is 0 Å². The summed E-state index contributed by atoms with van der Waals surface area (Å²) in [4.78, 5) is 26.1. The fourth-order valence-electron chi connectivity index (χ4n) is 4.11. The molecule has 25 heavy (non-hydrogen) atoms. The molecule has 0 aromatic carbocycles. The molecule has 7 heteroatoms. The highest BCUT2D eigenvalue weighted by Crippen LogP contribution is 2.34. The molecule has 1 saturated carbocycles. The van der Waals surface area contributed by atoms with Crippen molar-refractivity contribution in [1.82, 2.24) is 24.3 Å². The normalized spacial score (nSPS) is 19.8. The topological polar surface area (TPSA) is 54.3 Å². The highest BCUT2D eigenvalue weighted by Gasteiger charge is 2.29. The van der Waals surface area contributed by atoms with Gasteiger partial charge in [0.25, 0.3) is 5.91 Å². The zero-order valence-electron chi connectivity index (χ0n) is 14.6. The van der Waals surface area contributed by atoms with Crippen LogP contribution in [0.1, 0.15) is 49.1 Å². The molecule has 2 aromatic rings. The molecule has 4 rings (SSSR count). The summed E-state index contributed by atoms with van der Waals surface area (Å²) in [6, 6.07) is 2.28. The number of hydrogen-bond acceptors (Lipinski definition) is 4. The van der Waals surface area contributed by atoms with Crippen LogP contribution in [-0.2, 0) is 0 Å². The van der Waals surface area contributed by atoms with Crippen LogP contribution in [0, 0.1) is 0 Å². The minimum absolute atomic E-state index is 0.108. The molecule has 2 aromatic heterocycles. The first kappa shape index (κ1) is 16.8. The highest BCUT2D eigenvalue weighted by atomic mass is 35.5. The second kappa shape index (κ2) is 6.92. The molecule has 1 aliphatic carbocycles. The van der Waals surface area contributed by atoms with Gasteiger partial charge in [-0.1, -0.05) is 19.8 Å². The Balaban J connectivity index is 1.70. The van der Waals surface area contributed by atoms with E-state index >= 15 is 0 Å². The van der Waals surface area contributed by atoms with Gasteiger partial charge in [0.15, 0.2) is 0 Å². The van der Waals surface area contributed by atoms with Crippen molar-refractivity contribution in [3.63, 3.8) is 0 Å². The van der Waals surface area contributed by atoms with Gasteiger partial charge in [0.05, 0.1) is 0 Å². The van der Waals surface area contributed by atoms with Crippen LogP contribution in [0.25, 0.3) is 11.0 Å². The standard InChI is InChI=1S/C18H24ClN5O/c1-2-22-7-9-23(10-8-22)17(25)15-11-13-12-20-18(19)21-16(13)24(15)14-5-3-4-6-14/h11-12,14H,2-10H2,1H3. The maximum absolute atomic E-state index is 13.2. The van der Waals surface area contributed by atoms with E-state index in [0.717, 1.165) is 62.3 Å². The van der Waals surface area contributed by atoms with Crippen LogP contribution in [0.2, 0.25) is 5.28 Å². The zero-order chi connectivity index (χ0) is 17.4. The number of aromatic nitrogens is 3. The Hall–Kier alpha value is -1.66. The van der Waals surface area contributed by atoms with Gasteiger partial charge in [0.2, 0.25) is 5.28 Å². The Labute approximate surface area is 152 Å². The number of piperazine rings is 1. The molecule has 3 heterocycles. The molecule has 1 amide bonds. The highest BCUT2D eigenvalue weighted by molar-refractivity contribution is 6.28. The van der Waals surface area contributed by atoms with Gasteiger partial charge in [0, 0.05) is 43.8 Å². The van der Waals surface area contributed by atoms with Gasteiger partial charge in [-0.3, -0.25) is 4.79 Å². The van der Waals surface area contributed by atoms with Crippen molar-refractivity contribution in [2.75, 3.05) is 32.7 Å². The molecular formula is C18H24ClN5O. The van der Waals surface area contributed by atoms with Crippen LogP contribution in [0.3, 0.4) is 0 Å². The lowest BCUT2D eigenvalue weighted by Gasteiger charge is -2.34. The molecule has 2 aliphatic rings. The monoisotopic (exact) mass is 361 g/mol. The molecule has 134 valence electrons. The van der Waals surface area contributed by atoms with Gasteiger partial charge in [-0.2, -0.15) is 4.98 Å². The second-order valence-corrected chi connectivity index (χ2v) is 7.32. The Morgan fingerprint density at radius 1 is 1.24 bits per heavy atom. The van der Waals surface area contributed by atoms with E-state index in [1.807, 2.05) is 11.0 Å². The number of carbonyl (C=O) groups excluding carboxylic acids is 1. The number of carbonyl (C=O) groups is 1. The third kappa shape index (κ3) is 3.13. The molecule has 1 aliphatic heterocycles. The average molecular weight is 362 g/mol. The summed E-state index contributed by atoms with van der Waals surface area (Å²) in [5.41, 5.74) is 1.53. The number of nitrogens with zero attached hydrogens (tertiary/aromatic N) is 5. The molecule has 6 nitrogen and oxygen atoms in total. The molecular weight excluding hydrogens is 338 g/mol. The lowest BCUT2D eigenvalue weighted by atomic mass is 10.2. The van der Waals surface area contributed by atoms with Gasteiger partial charge in [0.1, 0.15) is 11.3 Å². The van der Waals surface area contributed by atoms with E-state index in [1.54, 1.807) is 6.20 Å². The molecule has 0 radical (unpaired) electrons. The van der Waals surface area contributed by atoms with E-state index in [-0.39, 0.29) is 11.2 Å². The van der Waals surface area contributed by atoms with E-state index in [2.05, 4.69) is 26.4 Å². The zero-order valence-corrected chi connectivity index (χ0v) is 15.4. The number of hydrogen-bond donors (Lipinski definition) is 0. The largest absolute Gasteiger partial charge is 0.335 e. The van der Waals surface area contributed by atoms with E-state index < -0.39 is 0 Å². The van der Waals surface area contributed by atoms with Crippen molar-refractivity contribution in [3.8, 4) is 0 Å². The number of amides is 1. The van der Waals surface area contributed by atoms with Gasteiger partial charge in [-0.25, -0.2) is 4.98 Å². The van der Waals surface area contributed by atoms with E-state index in [1.165, 1.54) is 12.8 Å². The summed E-state index contributed by atoms with van der Waals surface area (Å²) in [5.74, 6) is 0.108. The van der Waals surface area contributed by atoms with Crippen LogP contribution in [0.5, 0.6) is 0 Å². The van der Waals surface area contributed by atoms with Crippen molar-refractivity contribution >= 4 is 28.5 Å². The Morgan fingerprint density at radius 2 is 1.96 bits per heavy atom. The maximum Gasteiger partial charge on any atom is 0.270 e. The van der Waals surface area contributed by atoms with Crippen molar-refractivity contribution in [2.24, 2.45) is 0 Å². The summed E-state index contributed by atoms with van der Waals surface area (Å²) >= 11 is 6.03. The third-order valence-corrected chi connectivity index (χ3v) is 5.74. The van der Waals surface area contributed by atoms with E-state index in [0.29, 0.717) is 6.04 Å². The maximum atomic E-state index is 13.2. The van der Waals surface area contributed by atoms with E-state index in [9.17, 15) is 4.79 Å². The van der Waals surface area contributed by atoms with Crippen LogP contribution in [0.15, 0.2) is 12.3 Å². The Bertz CT molecular complexity index is 775. The first-order valence-corrected chi connectivity index (χ1v) is 9.60. The molecule has 0 spiro atoms. The molecule has 2 fully saturated rings. The average Bonchev–Trinajstić information content (AvgIpc) is 3.28. The fraction of sp³-hybridized carbons (Fsp3) is 0.611. The predicted octanol–water partition coefficient (Wildman–Crippen LogP) is 2.98. The summed E-state index contributed by atoms with van der Waals surface area (Å²) in [5, 5.41) is 1.13. The summed E-state index contributed by atoms with van der Waals surface area (Å²) in [7, 11) is 0. The SMILES string of the molecule is CCN1CCN(C(=O)c2cc3cnc(Cl)nc3n2C2CCCC2)CC1. The Kier molecular flexibility index (Phi) is 4.65.